The van der Waals surface area contributed by atoms with E-state index in [0.29, 0.717) is 0 Å². The minimum absolute atomic E-state index is 0.880. The summed E-state index contributed by atoms with van der Waals surface area (Å²) in [5, 5.41) is 0. The van der Waals surface area contributed by atoms with Crippen molar-refractivity contribution in [1.29, 1.82) is 0 Å². The van der Waals surface area contributed by atoms with Crippen molar-refractivity contribution in [3.8, 4) is 0 Å². The highest BCUT2D eigenvalue weighted by molar-refractivity contribution is 5.16. The van der Waals surface area contributed by atoms with Gasteiger partial charge in [-0.25, -0.2) is 4.90 Å². The second-order valence-corrected chi connectivity index (χ2v) is 5.49. The van der Waals surface area contributed by atoms with Crippen molar-refractivity contribution in [1.82, 2.24) is 4.90 Å². The molecule has 0 fully saturated rings. The predicted molar refractivity (Wildman–Crippen MR) is 88.8 cm³/mol. The first-order valence-corrected chi connectivity index (χ1v) is 7.64. The van der Waals surface area contributed by atoms with Crippen LogP contribution in [0, 0.1) is 0 Å². The fourth-order valence-electron chi connectivity index (χ4n) is 2.60. The summed E-state index contributed by atoms with van der Waals surface area (Å²) in [5.74, 6) is 0. The van der Waals surface area contributed by atoms with Crippen LogP contribution in [0.3, 0.4) is 0 Å². The summed E-state index contributed by atoms with van der Waals surface area (Å²) in [6.45, 7) is 2.76. The van der Waals surface area contributed by atoms with Gasteiger partial charge in [0.15, 0.2) is 12.4 Å². The van der Waals surface area contributed by atoms with Crippen LogP contribution in [0.1, 0.15) is 11.1 Å². The van der Waals surface area contributed by atoms with Crippen LogP contribution in [-0.4, -0.2) is 4.90 Å². The average molecular weight is 289 g/mol. The Morgan fingerprint density at radius 1 is 0.591 bits per heavy atom. The molecule has 0 aliphatic rings. The first-order chi connectivity index (χ1) is 10.9. The molecule has 0 saturated heterocycles. The van der Waals surface area contributed by atoms with Crippen LogP contribution >= 0.6 is 0 Å². The monoisotopic (exact) mass is 289 g/mol. The fourth-order valence-corrected chi connectivity index (χ4v) is 2.60. The third-order valence-corrected chi connectivity index (χ3v) is 3.64. The van der Waals surface area contributed by atoms with Crippen molar-refractivity contribution in [3.63, 3.8) is 0 Å². The molecule has 3 rings (SSSR count). The Hall–Kier alpha value is -2.45. The van der Waals surface area contributed by atoms with Gasteiger partial charge in [0.1, 0.15) is 0 Å². The van der Waals surface area contributed by atoms with Gasteiger partial charge in [-0.15, -0.1) is 0 Å². The molecule has 0 saturated carbocycles. The van der Waals surface area contributed by atoms with Gasteiger partial charge >= 0.3 is 0 Å². The van der Waals surface area contributed by atoms with E-state index < -0.39 is 0 Å². The van der Waals surface area contributed by atoms with Gasteiger partial charge in [-0.05, 0) is 11.1 Å². The lowest BCUT2D eigenvalue weighted by Gasteiger charge is -2.19. The van der Waals surface area contributed by atoms with Gasteiger partial charge in [-0.1, -0.05) is 66.7 Å². The fraction of sp³-hybridized carbons (Fsp3) is 0.150. The standard InChI is InChI=1S/C20H21N2/c1-4-10-19(11-5-1)16-22(17-20-12-6-2-7-13-20)18-21-14-8-3-9-15-21/h1-15H,16-18H2/q+1. The van der Waals surface area contributed by atoms with E-state index in [4.69, 9.17) is 0 Å². The normalized spacial score (nSPS) is 10.8. The van der Waals surface area contributed by atoms with E-state index in [1.54, 1.807) is 0 Å². The molecule has 1 aromatic heterocycles. The Labute approximate surface area is 132 Å². The summed E-state index contributed by atoms with van der Waals surface area (Å²) < 4.78 is 2.21. The molecule has 0 amide bonds. The van der Waals surface area contributed by atoms with Crippen molar-refractivity contribution in [2.24, 2.45) is 0 Å². The molecule has 0 spiro atoms. The van der Waals surface area contributed by atoms with Crippen molar-refractivity contribution in [2.75, 3.05) is 0 Å². The molecule has 0 bridgehead atoms. The Kier molecular flexibility index (Phi) is 4.96. The maximum atomic E-state index is 2.45. The molecule has 3 aromatic rings. The van der Waals surface area contributed by atoms with Crippen molar-refractivity contribution in [2.45, 2.75) is 19.8 Å². The summed E-state index contributed by atoms with van der Waals surface area (Å²) in [4.78, 5) is 2.45. The zero-order chi connectivity index (χ0) is 15.0. The predicted octanol–water partition coefficient (Wildman–Crippen LogP) is 3.63. The van der Waals surface area contributed by atoms with Gasteiger partial charge < -0.3 is 0 Å². The largest absolute Gasteiger partial charge is 0.239 e. The van der Waals surface area contributed by atoms with Crippen LogP contribution in [0.25, 0.3) is 0 Å². The van der Waals surface area contributed by atoms with Crippen molar-refractivity contribution >= 4 is 0 Å². The molecule has 0 aliphatic carbocycles. The minimum atomic E-state index is 0.880. The van der Waals surface area contributed by atoms with Gasteiger partial charge in [-0.2, -0.15) is 4.57 Å². The second kappa shape index (κ2) is 7.53. The molecular weight excluding hydrogens is 268 g/mol. The Morgan fingerprint density at radius 3 is 1.55 bits per heavy atom. The van der Waals surface area contributed by atoms with E-state index in [1.165, 1.54) is 11.1 Å². The molecule has 1 heterocycles. The van der Waals surface area contributed by atoms with Gasteiger partial charge in [0.05, 0.1) is 0 Å². The maximum absolute atomic E-state index is 2.45. The molecule has 0 atom stereocenters. The first kappa shape index (κ1) is 14.5. The number of rotatable bonds is 6. The van der Waals surface area contributed by atoms with Crippen LogP contribution in [0.15, 0.2) is 91.3 Å². The lowest BCUT2D eigenvalue weighted by Crippen LogP contribution is -2.42. The molecular formula is C20H21N2+. The van der Waals surface area contributed by atoms with Crippen LogP contribution in [0.5, 0.6) is 0 Å². The summed E-state index contributed by atoms with van der Waals surface area (Å²) in [6, 6.07) is 27.5. The smallest absolute Gasteiger partial charge is 0.205 e. The summed E-state index contributed by atoms with van der Waals surface area (Å²) in [7, 11) is 0. The van der Waals surface area contributed by atoms with Crippen molar-refractivity contribution in [3.05, 3.63) is 102 Å². The van der Waals surface area contributed by atoms with E-state index in [9.17, 15) is 0 Å². The van der Waals surface area contributed by atoms with Crippen LogP contribution in [-0.2, 0) is 19.8 Å². The van der Waals surface area contributed by atoms with E-state index in [1.807, 2.05) is 0 Å². The molecule has 110 valence electrons. The number of nitrogens with zero attached hydrogens (tertiary/aromatic N) is 2. The number of hydrogen-bond donors (Lipinski definition) is 0. The van der Waals surface area contributed by atoms with Gasteiger partial charge in [0.25, 0.3) is 0 Å². The maximum Gasteiger partial charge on any atom is 0.205 e. The second-order valence-electron chi connectivity index (χ2n) is 5.49. The molecule has 22 heavy (non-hydrogen) atoms. The number of pyridine rings is 1. The summed E-state index contributed by atoms with van der Waals surface area (Å²) in [6.07, 6.45) is 4.23. The van der Waals surface area contributed by atoms with E-state index in [-0.39, 0.29) is 0 Å². The lowest BCUT2D eigenvalue weighted by atomic mass is 10.2. The SMILES string of the molecule is c1ccc(CN(Cc2ccccc2)C[n+]2ccccc2)cc1. The number of aromatic nitrogens is 1. The van der Waals surface area contributed by atoms with Gasteiger partial charge in [-0.3, -0.25) is 0 Å². The van der Waals surface area contributed by atoms with Gasteiger partial charge in [0, 0.05) is 25.2 Å². The molecule has 0 radical (unpaired) electrons. The quantitative estimate of drug-likeness (QED) is 0.629. The number of benzene rings is 2. The van der Waals surface area contributed by atoms with Crippen molar-refractivity contribution < 1.29 is 4.57 Å². The van der Waals surface area contributed by atoms with Crippen LogP contribution in [0.2, 0.25) is 0 Å². The molecule has 2 nitrogen and oxygen atoms in total. The molecule has 0 aliphatic heterocycles. The van der Waals surface area contributed by atoms with Crippen LogP contribution < -0.4 is 4.57 Å². The highest BCUT2D eigenvalue weighted by Crippen LogP contribution is 2.09. The molecule has 0 N–H and O–H groups in total. The first-order valence-electron chi connectivity index (χ1n) is 7.64. The average Bonchev–Trinajstić information content (AvgIpc) is 2.57. The Balaban J connectivity index is 1.75. The summed E-state index contributed by atoms with van der Waals surface area (Å²) in [5.41, 5.74) is 2.69. The topological polar surface area (TPSA) is 7.12 Å². The van der Waals surface area contributed by atoms with Crippen LogP contribution in [0.4, 0.5) is 0 Å². The zero-order valence-electron chi connectivity index (χ0n) is 12.7. The van der Waals surface area contributed by atoms with E-state index in [2.05, 4.69) is 101 Å². The Bertz CT molecular complexity index is 567. The molecule has 2 aromatic carbocycles. The zero-order valence-corrected chi connectivity index (χ0v) is 12.7. The molecule has 0 unspecified atom stereocenters. The third kappa shape index (κ3) is 4.27. The minimum Gasteiger partial charge on any atom is -0.239 e. The van der Waals surface area contributed by atoms with Gasteiger partial charge in [0.2, 0.25) is 6.67 Å². The van der Waals surface area contributed by atoms with E-state index in [0.717, 1.165) is 19.8 Å². The number of hydrogen-bond acceptors (Lipinski definition) is 1. The third-order valence-electron chi connectivity index (χ3n) is 3.64. The Morgan fingerprint density at radius 2 is 1.05 bits per heavy atom. The highest BCUT2D eigenvalue weighted by Gasteiger charge is 2.11. The van der Waals surface area contributed by atoms with E-state index >= 15 is 0 Å². The molecule has 2 heteroatoms. The lowest BCUT2D eigenvalue weighted by molar-refractivity contribution is -0.717. The highest BCUT2D eigenvalue weighted by atomic mass is 15.2. The summed E-state index contributed by atoms with van der Waals surface area (Å²) >= 11 is 0.